The lowest BCUT2D eigenvalue weighted by Gasteiger charge is -2.31. The topological polar surface area (TPSA) is 102 Å². The average Bonchev–Trinajstić information content (AvgIpc) is 2.70. The van der Waals surface area contributed by atoms with E-state index in [0.29, 0.717) is 19.0 Å². The number of nitrogens with zero attached hydrogens (tertiary/aromatic N) is 1. The molecule has 0 saturated carbocycles. The molecule has 2 rings (SSSR count). The highest BCUT2D eigenvalue weighted by molar-refractivity contribution is 7.89. The van der Waals surface area contributed by atoms with Crippen LogP contribution in [-0.4, -0.2) is 65.1 Å². The van der Waals surface area contributed by atoms with Crippen LogP contribution in [0.4, 0.5) is 0 Å². The molecule has 0 bridgehead atoms. The molecule has 1 aliphatic heterocycles. The lowest BCUT2D eigenvalue weighted by atomic mass is 9.98. The van der Waals surface area contributed by atoms with Crippen LogP contribution in [0.25, 0.3) is 0 Å². The molecule has 1 aromatic carbocycles. The lowest BCUT2D eigenvalue weighted by molar-refractivity contribution is 0.0598. The lowest BCUT2D eigenvalue weighted by Crippen LogP contribution is -2.40. The van der Waals surface area contributed by atoms with Crippen molar-refractivity contribution in [1.29, 1.82) is 0 Å². The van der Waals surface area contributed by atoms with Gasteiger partial charge >= 0.3 is 11.9 Å². The normalized spacial score (nSPS) is 15.5. The summed E-state index contributed by atoms with van der Waals surface area (Å²) in [4.78, 5) is 23.7. The minimum Gasteiger partial charge on any atom is -0.465 e. The number of carbonyl (C=O) groups is 2. The number of ether oxygens (including phenoxy) is 2. The quantitative estimate of drug-likeness (QED) is 0.651. The Morgan fingerprint density at radius 3 is 2.00 bits per heavy atom. The van der Waals surface area contributed by atoms with Crippen LogP contribution in [0.1, 0.15) is 40.5 Å². The maximum absolute atomic E-state index is 13.0. The van der Waals surface area contributed by atoms with Gasteiger partial charge in [0.2, 0.25) is 10.0 Å². The highest BCUT2D eigenvalue weighted by atomic mass is 35.5. The van der Waals surface area contributed by atoms with Gasteiger partial charge in [0.05, 0.1) is 30.2 Å². The van der Waals surface area contributed by atoms with Crippen LogP contribution in [0.2, 0.25) is 0 Å². The van der Waals surface area contributed by atoms with Crippen LogP contribution in [0.3, 0.4) is 0 Å². The number of hydrogen-bond donors (Lipinski definition) is 1. The highest BCUT2D eigenvalue weighted by Gasteiger charge is 2.30. The van der Waals surface area contributed by atoms with Crippen molar-refractivity contribution < 1.29 is 27.5 Å². The third-order valence-electron chi connectivity index (χ3n) is 4.64. The van der Waals surface area contributed by atoms with Gasteiger partial charge in [0.1, 0.15) is 0 Å². The van der Waals surface area contributed by atoms with Crippen molar-refractivity contribution in [1.82, 2.24) is 9.62 Å². The molecule has 0 amide bonds. The van der Waals surface area contributed by atoms with E-state index in [9.17, 15) is 18.0 Å². The summed E-state index contributed by atoms with van der Waals surface area (Å²) in [7, 11) is -1.46. The molecule has 10 heteroatoms. The van der Waals surface area contributed by atoms with E-state index in [1.165, 1.54) is 36.7 Å². The largest absolute Gasteiger partial charge is 0.465 e. The first-order valence-electron chi connectivity index (χ1n) is 8.86. The number of hydrogen-bond acceptors (Lipinski definition) is 7. The number of sulfonamides is 1. The van der Waals surface area contributed by atoms with Crippen LogP contribution in [0, 0.1) is 5.92 Å². The van der Waals surface area contributed by atoms with Crippen molar-refractivity contribution in [3.63, 3.8) is 0 Å². The molecule has 0 unspecified atom stereocenters. The summed E-state index contributed by atoms with van der Waals surface area (Å²) >= 11 is 0. The highest BCUT2D eigenvalue weighted by Crippen LogP contribution is 2.25. The van der Waals surface area contributed by atoms with Gasteiger partial charge in [-0.1, -0.05) is 6.92 Å². The van der Waals surface area contributed by atoms with Crippen molar-refractivity contribution in [3.8, 4) is 0 Å². The predicted octanol–water partition coefficient (Wildman–Crippen LogP) is 1.69. The first-order valence-corrected chi connectivity index (χ1v) is 10.3. The van der Waals surface area contributed by atoms with Gasteiger partial charge in [-0.3, -0.25) is 0 Å². The van der Waals surface area contributed by atoms with Gasteiger partial charge in [-0.2, -0.15) is 4.31 Å². The second-order valence-electron chi connectivity index (χ2n) is 6.38. The molecule has 0 aromatic heterocycles. The van der Waals surface area contributed by atoms with Crippen LogP contribution in [0.15, 0.2) is 23.1 Å². The summed E-state index contributed by atoms with van der Waals surface area (Å²) in [6.07, 6.45) is 1.51. The van der Waals surface area contributed by atoms with Crippen LogP contribution in [-0.2, 0) is 19.5 Å². The first kappa shape index (κ1) is 24.4. The molecule has 0 aliphatic carbocycles. The minimum absolute atomic E-state index is 0. The monoisotopic (exact) mass is 434 g/mol. The van der Waals surface area contributed by atoms with Gasteiger partial charge < -0.3 is 14.8 Å². The molecule has 158 valence electrons. The molecule has 0 radical (unpaired) electrons. The molecular formula is C18H27ClN2O6S. The van der Waals surface area contributed by atoms with E-state index in [4.69, 9.17) is 0 Å². The maximum atomic E-state index is 13.0. The second-order valence-corrected chi connectivity index (χ2v) is 8.32. The number of benzene rings is 1. The number of esters is 2. The summed E-state index contributed by atoms with van der Waals surface area (Å²) < 4.78 is 36.8. The van der Waals surface area contributed by atoms with Crippen molar-refractivity contribution >= 4 is 34.4 Å². The standard InChI is InChI=1S/C18H26N2O6S.ClH/c1-4-19-12-13-5-7-20(8-6-13)27(23,24)16-10-14(17(21)25-2)9-15(11-16)18(22)26-3;/h9-11,13,19H,4-8,12H2,1-3H3;1H. The minimum atomic E-state index is -3.84. The van der Waals surface area contributed by atoms with Crippen molar-refractivity contribution in [2.45, 2.75) is 24.7 Å². The third kappa shape index (κ3) is 5.66. The number of nitrogens with one attached hydrogen (secondary N) is 1. The number of halogens is 1. The predicted molar refractivity (Wildman–Crippen MR) is 106 cm³/mol. The Morgan fingerprint density at radius 1 is 1.07 bits per heavy atom. The second kappa shape index (κ2) is 10.8. The fourth-order valence-corrected chi connectivity index (χ4v) is 4.61. The van der Waals surface area contributed by atoms with Crippen LogP contribution >= 0.6 is 12.4 Å². The molecule has 1 aromatic rings. The molecule has 0 spiro atoms. The van der Waals surface area contributed by atoms with E-state index in [-0.39, 0.29) is 28.4 Å². The molecule has 1 N–H and O–H groups in total. The van der Waals surface area contributed by atoms with Gasteiger partial charge in [0.15, 0.2) is 0 Å². The Kier molecular flexibility index (Phi) is 9.35. The number of piperidine rings is 1. The fraction of sp³-hybridized carbons (Fsp3) is 0.556. The number of rotatable bonds is 7. The summed E-state index contributed by atoms with van der Waals surface area (Å²) in [5.41, 5.74) is -0.0259. The van der Waals surface area contributed by atoms with E-state index >= 15 is 0 Å². The van der Waals surface area contributed by atoms with E-state index in [1.807, 2.05) is 6.92 Å². The zero-order valence-corrected chi connectivity index (χ0v) is 17.9. The van der Waals surface area contributed by atoms with E-state index in [1.54, 1.807) is 0 Å². The van der Waals surface area contributed by atoms with E-state index < -0.39 is 22.0 Å². The van der Waals surface area contributed by atoms with Crippen LogP contribution in [0.5, 0.6) is 0 Å². The van der Waals surface area contributed by atoms with Crippen molar-refractivity contribution in [2.75, 3.05) is 40.4 Å². The van der Waals surface area contributed by atoms with Gasteiger partial charge in [-0.15, -0.1) is 12.4 Å². The Morgan fingerprint density at radius 2 is 1.57 bits per heavy atom. The number of carbonyl (C=O) groups excluding carboxylic acids is 2. The molecule has 1 saturated heterocycles. The van der Waals surface area contributed by atoms with Gasteiger partial charge in [-0.25, -0.2) is 18.0 Å². The Bertz CT molecular complexity index is 757. The Hall–Kier alpha value is -1.68. The van der Waals surface area contributed by atoms with Crippen molar-refractivity contribution in [3.05, 3.63) is 29.3 Å². The molecular weight excluding hydrogens is 408 g/mol. The van der Waals surface area contributed by atoms with Crippen molar-refractivity contribution in [2.24, 2.45) is 5.92 Å². The van der Waals surface area contributed by atoms with Gasteiger partial charge in [0, 0.05) is 13.1 Å². The Balaban J connectivity index is 0.00000392. The summed E-state index contributed by atoms with van der Waals surface area (Å²) in [6.45, 7) is 4.58. The summed E-state index contributed by atoms with van der Waals surface area (Å²) in [5.74, 6) is -1.01. The Labute approximate surface area is 172 Å². The summed E-state index contributed by atoms with van der Waals surface area (Å²) in [6, 6.07) is 3.73. The third-order valence-corrected chi connectivity index (χ3v) is 6.52. The molecule has 1 aliphatic rings. The SMILES string of the molecule is CCNCC1CCN(S(=O)(=O)c2cc(C(=O)OC)cc(C(=O)OC)c2)CC1.Cl. The average molecular weight is 435 g/mol. The number of methoxy groups -OCH3 is 2. The molecule has 8 nitrogen and oxygen atoms in total. The first-order chi connectivity index (χ1) is 12.8. The van der Waals surface area contributed by atoms with E-state index in [0.717, 1.165) is 25.9 Å². The van der Waals surface area contributed by atoms with Crippen LogP contribution < -0.4 is 5.32 Å². The zero-order valence-electron chi connectivity index (χ0n) is 16.3. The molecule has 0 atom stereocenters. The molecule has 1 heterocycles. The zero-order chi connectivity index (χ0) is 20.0. The smallest absolute Gasteiger partial charge is 0.337 e. The van der Waals surface area contributed by atoms with Gasteiger partial charge in [-0.05, 0) is 50.0 Å². The summed E-state index contributed by atoms with van der Waals surface area (Å²) in [5, 5.41) is 3.29. The van der Waals surface area contributed by atoms with Gasteiger partial charge in [0.25, 0.3) is 0 Å². The molecule has 1 fully saturated rings. The van der Waals surface area contributed by atoms with E-state index in [2.05, 4.69) is 14.8 Å². The fourth-order valence-electron chi connectivity index (χ4n) is 3.07. The molecule has 28 heavy (non-hydrogen) atoms. The maximum Gasteiger partial charge on any atom is 0.337 e.